The van der Waals surface area contributed by atoms with Crippen molar-refractivity contribution in [2.75, 3.05) is 30.8 Å². The van der Waals surface area contributed by atoms with Crippen LogP contribution in [0.2, 0.25) is 0 Å². The lowest BCUT2D eigenvalue weighted by molar-refractivity contribution is -0.123. The maximum Gasteiger partial charge on any atom is 0.262 e. The second-order valence-electron chi connectivity index (χ2n) is 9.46. The molecule has 1 fully saturated rings. The third-order valence-corrected chi connectivity index (χ3v) is 9.70. The second kappa shape index (κ2) is 11.1. The normalized spacial score (nSPS) is 17.1. The molecule has 1 aromatic carbocycles. The number of carbonyl (C=O) groups excluding carboxylic acids is 2. The summed E-state index contributed by atoms with van der Waals surface area (Å²) in [5.74, 6) is -0.539. The molecule has 2 aromatic rings. The van der Waals surface area contributed by atoms with Crippen LogP contribution in [0, 0.1) is 11.7 Å². The quantitative estimate of drug-likeness (QED) is 0.526. The van der Waals surface area contributed by atoms with Crippen molar-refractivity contribution in [3.05, 3.63) is 46.6 Å². The lowest BCUT2D eigenvalue weighted by Gasteiger charge is -2.27. The number of rotatable bonds is 9. The molecule has 1 aliphatic heterocycles. The molecule has 190 valence electrons. The molecule has 0 spiro atoms. The Kier molecular flexibility index (Phi) is 8.11. The molecule has 2 heterocycles. The number of fused-ring (bicyclic) bond motifs is 1. The van der Waals surface area contributed by atoms with Gasteiger partial charge in [-0.2, -0.15) is 0 Å². The van der Waals surface area contributed by atoms with Gasteiger partial charge in [-0.25, -0.2) is 12.8 Å². The number of hydrogen-bond acceptors (Lipinski definition) is 6. The van der Waals surface area contributed by atoms with E-state index in [0.717, 1.165) is 67.5 Å². The Balaban J connectivity index is 1.37. The van der Waals surface area contributed by atoms with Gasteiger partial charge in [0, 0.05) is 31.6 Å². The van der Waals surface area contributed by atoms with E-state index < -0.39 is 21.8 Å². The predicted molar refractivity (Wildman–Crippen MR) is 135 cm³/mol. The Morgan fingerprint density at radius 1 is 1.17 bits per heavy atom. The van der Waals surface area contributed by atoms with Crippen LogP contribution in [0.15, 0.2) is 34.5 Å². The largest absolute Gasteiger partial charge is 0.369 e. The molecule has 1 atom stereocenters. The zero-order valence-corrected chi connectivity index (χ0v) is 21.5. The third-order valence-electron chi connectivity index (χ3n) is 6.80. The Bertz CT molecular complexity index is 1180. The molecule has 1 aromatic heterocycles. The Morgan fingerprint density at radius 3 is 2.66 bits per heavy atom. The molecule has 2 aliphatic rings. The SMILES string of the molecule is CS(=O)(=O)c1ccc(C(=O)N[C@@H](CC2CCCCC2)C(=O)NCCN2CCc3cc(F)ccc32)s1. The van der Waals surface area contributed by atoms with E-state index in [1.54, 1.807) is 12.1 Å². The predicted octanol–water partition coefficient (Wildman–Crippen LogP) is 3.54. The highest BCUT2D eigenvalue weighted by atomic mass is 32.2. The standard InChI is InChI=1S/C25H32FN3O4S2/c1-35(32,33)23-10-9-22(34-23)25(31)28-20(15-17-5-3-2-4-6-17)24(30)27-12-14-29-13-11-18-16-19(26)7-8-21(18)29/h7-10,16-17,20H,2-6,11-15H2,1H3,(H,27,30)(H,28,31)/t20-/m0/s1. The highest BCUT2D eigenvalue weighted by Crippen LogP contribution is 2.29. The van der Waals surface area contributed by atoms with Gasteiger partial charge in [0.2, 0.25) is 5.91 Å². The first-order chi connectivity index (χ1) is 16.7. The molecule has 1 saturated carbocycles. The average molecular weight is 522 g/mol. The molecule has 0 bridgehead atoms. The molecular formula is C25H32FN3O4S2. The smallest absolute Gasteiger partial charge is 0.262 e. The van der Waals surface area contributed by atoms with Crippen molar-refractivity contribution >= 4 is 38.7 Å². The molecule has 2 N–H and O–H groups in total. The Morgan fingerprint density at radius 2 is 1.94 bits per heavy atom. The summed E-state index contributed by atoms with van der Waals surface area (Å²) in [5, 5.41) is 5.82. The van der Waals surface area contributed by atoms with E-state index >= 15 is 0 Å². The minimum atomic E-state index is -3.39. The van der Waals surface area contributed by atoms with Crippen LogP contribution in [0.1, 0.15) is 53.8 Å². The highest BCUT2D eigenvalue weighted by molar-refractivity contribution is 7.92. The van der Waals surface area contributed by atoms with Crippen LogP contribution in [0.5, 0.6) is 0 Å². The van der Waals surface area contributed by atoms with Crippen molar-refractivity contribution in [3.8, 4) is 0 Å². The minimum absolute atomic E-state index is 0.127. The first-order valence-electron chi connectivity index (χ1n) is 12.1. The van der Waals surface area contributed by atoms with E-state index in [1.165, 1.54) is 24.6 Å². The number of amides is 2. The number of hydrogen-bond donors (Lipinski definition) is 2. The number of nitrogens with one attached hydrogen (secondary N) is 2. The highest BCUT2D eigenvalue weighted by Gasteiger charge is 2.27. The summed E-state index contributed by atoms with van der Waals surface area (Å²) >= 11 is 0.912. The van der Waals surface area contributed by atoms with Gasteiger partial charge in [-0.1, -0.05) is 32.1 Å². The fraction of sp³-hybridized carbons (Fsp3) is 0.520. The zero-order valence-electron chi connectivity index (χ0n) is 19.9. The van der Waals surface area contributed by atoms with Crippen molar-refractivity contribution in [3.63, 3.8) is 0 Å². The summed E-state index contributed by atoms with van der Waals surface area (Å²) in [6.07, 6.45) is 7.98. The molecular weight excluding hydrogens is 489 g/mol. The molecule has 0 saturated heterocycles. The monoisotopic (exact) mass is 521 g/mol. The molecule has 4 rings (SSSR count). The minimum Gasteiger partial charge on any atom is -0.369 e. The van der Waals surface area contributed by atoms with Gasteiger partial charge >= 0.3 is 0 Å². The second-order valence-corrected chi connectivity index (χ2v) is 12.8. The number of halogens is 1. The number of sulfone groups is 1. The van der Waals surface area contributed by atoms with E-state index in [2.05, 4.69) is 15.5 Å². The van der Waals surface area contributed by atoms with Gasteiger partial charge in [0.05, 0.1) is 4.88 Å². The van der Waals surface area contributed by atoms with E-state index in [4.69, 9.17) is 0 Å². The van der Waals surface area contributed by atoms with Crippen molar-refractivity contribution in [1.29, 1.82) is 0 Å². The van der Waals surface area contributed by atoms with Gasteiger partial charge in [-0.15, -0.1) is 11.3 Å². The number of benzene rings is 1. The summed E-state index contributed by atoms with van der Waals surface area (Å²) in [7, 11) is -3.39. The van der Waals surface area contributed by atoms with Crippen LogP contribution in [0.25, 0.3) is 0 Å². The fourth-order valence-corrected chi connectivity index (χ4v) is 6.80. The summed E-state index contributed by atoms with van der Waals surface area (Å²) in [4.78, 5) is 28.4. The van der Waals surface area contributed by atoms with Gasteiger partial charge in [-0.3, -0.25) is 9.59 Å². The molecule has 7 nitrogen and oxygen atoms in total. The summed E-state index contributed by atoms with van der Waals surface area (Å²) in [6, 6.07) is 7.01. The van der Waals surface area contributed by atoms with Crippen molar-refractivity contribution in [1.82, 2.24) is 10.6 Å². The number of nitrogens with zero attached hydrogens (tertiary/aromatic N) is 1. The van der Waals surface area contributed by atoms with Gasteiger partial charge < -0.3 is 15.5 Å². The third kappa shape index (κ3) is 6.61. The summed E-state index contributed by atoms with van der Waals surface area (Å²) in [5.41, 5.74) is 1.97. The Labute approximate surface area is 210 Å². The van der Waals surface area contributed by atoms with Crippen LogP contribution in [0.3, 0.4) is 0 Å². The Hall–Kier alpha value is -2.46. The molecule has 0 unspecified atom stereocenters. The molecule has 1 aliphatic carbocycles. The van der Waals surface area contributed by atoms with Crippen LogP contribution >= 0.6 is 11.3 Å². The van der Waals surface area contributed by atoms with Crippen LogP contribution < -0.4 is 15.5 Å². The zero-order chi connectivity index (χ0) is 25.0. The lowest BCUT2D eigenvalue weighted by atomic mass is 9.84. The summed E-state index contributed by atoms with van der Waals surface area (Å²) < 4.78 is 37.2. The van der Waals surface area contributed by atoms with Crippen molar-refractivity contribution in [2.24, 2.45) is 5.92 Å². The summed E-state index contributed by atoms with van der Waals surface area (Å²) in [6.45, 7) is 1.78. The first-order valence-corrected chi connectivity index (χ1v) is 14.8. The first kappa shape index (κ1) is 25.6. The number of thiophene rings is 1. The van der Waals surface area contributed by atoms with Crippen molar-refractivity contribution < 1.29 is 22.4 Å². The lowest BCUT2D eigenvalue weighted by Crippen LogP contribution is -2.49. The van der Waals surface area contributed by atoms with Gasteiger partial charge in [-0.05, 0) is 54.7 Å². The van der Waals surface area contributed by atoms with Crippen molar-refractivity contribution in [2.45, 2.75) is 55.2 Å². The topological polar surface area (TPSA) is 95.6 Å². The number of carbonyl (C=O) groups is 2. The van der Waals surface area contributed by atoms with Gasteiger partial charge in [0.15, 0.2) is 9.84 Å². The van der Waals surface area contributed by atoms with Crippen LogP contribution in [-0.4, -0.2) is 52.2 Å². The van der Waals surface area contributed by atoms with Gasteiger partial charge in [0.1, 0.15) is 16.1 Å². The fourth-order valence-electron chi connectivity index (χ4n) is 4.97. The van der Waals surface area contributed by atoms with E-state index in [1.807, 2.05) is 0 Å². The molecule has 35 heavy (non-hydrogen) atoms. The van der Waals surface area contributed by atoms with Crippen LogP contribution in [0.4, 0.5) is 10.1 Å². The number of anilines is 1. The van der Waals surface area contributed by atoms with E-state index in [-0.39, 0.29) is 20.8 Å². The maximum atomic E-state index is 13.5. The molecule has 10 heteroatoms. The van der Waals surface area contributed by atoms with Gasteiger partial charge in [0.25, 0.3) is 5.91 Å². The van der Waals surface area contributed by atoms with E-state index in [0.29, 0.717) is 25.4 Å². The maximum absolute atomic E-state index is 13.5. The molecule has 0 radical (unpaired) electrons. The van der Waals surface area contributed by atoms with E-state index in [9.17, 15) is 22.4 Å². The molecule has 2 amide bonds. The van der Waals surface area contributed by atoms with Crippen LogP contribution in [-0.2, 0) is 21.1 Å². The average Bonchev–Trinajstić information content (AvgIpc) is 3.47.